The molecular weight excluding hydrogens is 278 g/mol. The maximum Gasteiger partial charge on any atom is 0.230 e. The van der Waals surface area contributed by atoms with Gasteiger partial charge in [0.2, 0.25) is 11.8 Å². The summed E-state index contributed by atoms with van der Waals surface area (Å²) in [6, 6.07) is 7.79. The molecule has 1 fully saturated rings. The summed E-state index contributed by atoms with van der Waals surface area (Å²) in [6.45, 7) is 0.935. The Hall–Kier alpha value is -1.88. The number of fused-ring (bicyclic) bond motifs is 1. The Balaban J connectivity index is 1.91. The van der Waals surface area contributed by atoms with E-state index in [2.05, 4.69) is 0 Å². The maximum absolute atomic E-state index is 13.0. The summed E-state index contributed by atoms with van der Waals surface area (Å²) >= 11 is 0. The second-order valence-electron chi connectivity index (χ2n) is 6.41. The van der Waals surface area contributed by atoms with Crippen LogP contribution in [0.5, 0.6) is 0 Å². The minimum Gasteiger partial charge on any atom is -0.369 e. The smallest absolute Gasteiger partial charge is 0.230 e. The Labute approximate surface area is 130 Å². The van der Waals surface area contributed by atoms with Crippen LogP contribution in [0.3, 0.4) is 0 Å². The molecule has 1 aromatic rings. The van der Waals surface area contributed by atoms with E-state index in [0.29, 0.717) is 19.5 Å². The first kappa shape index (κ1) is 15.0. The molecule has 5 nitrogen and oxygen atoms in total. The maximum atomic E-state index is 13.0. The molecule has 0 bridgehead atoms. The van der Waals surface area contributed by atoms with Crippen LogP contribution in [-0.2, 0) is 16.0 Å². The van der Waals surface area contributed by atoms with Gasteiger partial charge in [-0.2, -0.15) is 0 Å². The van der Waals surface area contributed by atoms with Crippen LogP contribution in [0.1, 0.15) is 24.8 Å². The van der Waals surface area contributed by atoms with Gasteiger partial charge in [0.1, 0.15) is 0 Å². The van der Waals surface area contributed by atoms with Crippen molar-refractivity contribution in [3.05, 3.63) is 29.8 Å². The molecule has 1 aromatic carbocycles. The highest BCUT2D eigenvalue weighted by atomic mass is 16.2. The predicted octanol–water partition coefficient (Wildman–Crippen LogP) is 1.05. The molecular formula is C17H23N3O2. The molecule has 5 heteroatoms. The fourth-order valence-corrected chi connectivity index (χ4v) is 3.84. The lowest BCUT2D eigenvalue weighted by molar-refractivity contribution is -0.124. The topological polar surface area (TPSA) is 89.4 Å². The van der Waals surface area contributed by atoms with Gasteiger partial charge in [-0.05, 0) is 43.4 Å². The highest BCUT2D eigenvalue weighted by Crippen LogP contribution is 2.36. The van der Waals surface area contributed by atoms with E-state index in [-0.39, 0.29) is 29.6 Å². The van der Waals surface area contributed by atoms with Crippen LogP contribution in [0.15, 0.2) is 24.3 Å². The number of benzene rings is 1. The van der Waals surface area contributed by atoms with Crippen LogP contribution in [0.2, 0.25) is 0 Å². The number of amides is 2. The van der Waals surface area contributed by atoms with E-state index in [1.807, 2.05) is 24.3 Å². The van der Waals surface area contributed by atoms with Gasteiger partial charge in [-0.1, -0.05) is 24.6 Å². The third kappa shape index (κ3) is 2.61. The zero-order valence-corrected chi connectivity index (χ0v) is 12.7. The molecule has 3 atom stereocenters. The van der Waals surface area contributed by atoms with E-state index in [1.165, 1.54) is 0 Å². The highest BCUT2D eigenvalue weighted by Gasteiger charge is 2.38. The Morgan fingerprint density at radius 3 is 2.73 bits per heavy atom. The van der Waals surface area contributed by atoms with E-state index in [9.17, 15) is 9.59 Å². The number of rotatable bonds is 3. The van der Waals surface area contributed by atoms with Crippen molar-refractivity contribution in [2.75, 3.05) is 18.0 Å². The Morgan fingerprint density at radius 2 is 2.00 bits per heavy atom. The van der Waals surface area contributed by atoms with Gasteiger partial charge in [0.15, 0.2) is 0 Å². The predicted molar refractivity (Wildman–Crippen MR) is 85.1 cm³/mol. The lowest BCUT2D eigenvalue weighted by atomic mass is 9.89. The van der Waals surface area contributed by atoms with Gasteiger partial charge in [0.25, 0.3) is 0 Å². The molecule has 0 aromatic heterocycles. The van der Waals surface area contributed by atoms with E-state index in [4.69, 9.17) is 11.5 Å². The van der Waals surface area contributed by atoms with Gasteiger partial charge < -0.3 is 16.4 Å². The highest BCUT2D eigenvalue weighted by molar-refractivity contribution is 5.97. The number of hydrogen-bond donors (Lipinski definition) is 2. The fraction of sp³-hybridized carbons (Fsp3) is 0.529. The molecule has 0 saturated heterocycles. The van der Waals surface area contributed by atoms with Gasteiger partial charge in [0.05, 0.1) is 5.92 Å². The van der Waals surface area contributed by atoms with Crippen LogP contribution in [0.4, 0.5) is 5.69 Å². The molecule has 1 aliphatic heterocycles. The Bertz CT molecular complexity index is 587. The Morgan fingerprint density at radius 1 is 1.23 bits per heavy atom. The van der Waals surface area contributed by atoms with Crippen molar-refractivity contribution in [3.63, 3.8) is 0 Å². The monoisotopic (exact) mass is 301 g/mol. The minimum absolute atomic E-state index is 0.0234. The number of carbonyl (C=O) groups excluding carboxylic acids is 2. The first-order valence-electron chi connectivity index (χ1n) is 8.00. The zero-order valence-electron chi connectivity index (χ0n) is 12.7. The van der Waals surface area contributed by atoms with Crippen molar-refractivity contribution in [3.8, 4) is 0 Å². The average Bonchev–Trinajstić information content (AvgIpc) is 3.01. The molecule has 1 saturated carbocycles. The summed E-state index contributed by atoms with van der Waals surface area (Å²) in [6.07, 6.45) is 3.57. The van der Waals surface area contributed by atoms with E-state index < -0.39 is 0 Å². The van der Waals surface area contributed by atoms with Crippen molar-refractivity contribution < 1.29 is 9.59 Å². The van der Waals surface area contributed by atoms with E-state index in [1.54, 1.807) is 4.90 Å². The number of nitrogens with zero attached hydrogens (tertiary/aromatic N) is 1. The van der Waals surface area contributed by atoms with E-state index >= 15 is 0 Å². The van der Waals surface area contributed by atoms with Crippen LogP contribution < -0.4 is 16.4 Å². The quantitative estimate of drug-likeness (QED) is 0.874. The van der Waals surface area contributed by atoms with Crippen molar-refractivity contribution in [1.82, 2.24) is 0 Å². The van der Waals surface area contributed by atoms with Gasteiger partial charge in [-0.3, -0.25) is 9.59 Å². The minimum atomic E-state index is -0.339. The van der Waals surface area contributed by atoms with Gasteiger partial charge in [-0.15, -0.1) is 0 Å². The lowest BCUT2D eigenvalue weighted by Gasteiger charge is -2.35. The summed E-state index contributed by atoms with van der Waals surface area (Å²) < 4.78 is 0. The van der Waals surface area contributed by atoms with E-state index in [0.717, 1.165) is 30.5 Å². The summed E-state index contributed by atoms with van der Waals surface area (Å²) in [5.74, 6) is -0.310. The van der Waals surface area contributed by atoms with Crippen molar-refractivity contribution in [2.45, 2.75) is 25.7 Å². The number of anilines is 1. The fourth-order valence-electron chi connectivity index (χ4n) is 3.84. The summed E-state index contributed by atoms with van der Waals surface area (Å²) in [7, 11) is 0. The second kappa shape index (κ2) is 6.08. The van der Waals surface area contributed by atoms with Gasteiger partial charge in [0, 0.05) is 18.2 Å². The molecule has 2 aliphatic rings. The zero-order chi connectivity index (χ0) is 15.7. The molecule has 3 rings (SSSR count). The first-order valence-corrected chi connectivity index (χ1v) is 8.00. The molecule has 1 unspecified atom stereocenters. The van der Waals surface area contributed by atoms with Crippen LogP contribution >= 0.6 is 0 Å². The molecule has 1 heterocycles. The van der Waals surface area contributed by atoms with Crippen molar-refractivity contribution in [1.29, 1.82) is 0 Å². The number of carbonyl (C=O) groups is 2. The van der Waals surface area contributed by atoms with Crippen molar-refractivity contribution in [2.24, 2.45) is 29.2 Å². The van der Waals surface area contributed by atoms with Crippen LogP contribution in [-0.4, -0.2) is 24.9 Å². The van der Waals surface area contributed by atoms with Crippen molar-refractivity contribution >= 4 is 17.5 Å². The SMILES string of the molecule is NC[C@H]1CCC[C@H]1C(=O)N1CC(C(N)=O)Cc2ccccc21. The largest absolute Gasteiger partial charge is 0.369 e. The lowest BCUT2D eigenvalue weighted by Crippen LogP contribution is -2.47. The molecule has 2 amide bonds. The first-order chi connectivity index (χ1) is 10.6. The van der Waals surface area contributed by atoms with Crippen LogP contribution in [0, 0.1) is 17.8 Å². The summed E-state index contributed by atoms with van der Waals surface area (Å²) in [4.78, 5) is 26.4. The summed E-state index contributed by atoms with van der Waals surface area (Å²) in [5, 5.41) is 0. The molecule has 4 N–H and O–H groups in total. The molecule has 0 radical (unpaired) electrons. The van der Waals surface area contributed by atoms with Gasteiger partial charge >= 0.3 is 0 Å². The van der Waals surface area contributed by atoms with Crippen LogP contribution in [0.25, 0.3) is 0 Å². The third-order valence-electron chi connectivity index (χ3n) is 5.10. The molecule has 22 heavy (non-hydrogen) atoms. The average molecular weight is 301 g/mol. The number of hydrogen-bond acceptors (Lipinski definition) is 3. The standard InChI is InChI=1S/C17H23N3O2/c18-9-12-5-3-6-14(12)17(22)20-10-13(16(19)21)8-11-4-1-2-7-15(11)20/h1-2,4,7,12-14H,3,5-6,8-10,18H2,(H2,19,21)/t12-,13?,14-/m1/s1. The number of nitrogens with two attached hydrogens (primary N) is 2. The number of primary amides is 1. The Kier molecular flexibility index (Phi) is 4.16. The molecule has 118 valence electrons. The van der Waals surface area contributed by atoms with Gasteiger partial charge in [-0.25, -0.2) is 0 Å². The molecule has 1 aliphatic carbocycles. The normalized spacial score (nSPS) is 27.5. The summed E-state index contributed by atoms with van der Waals surface area (Å²) in [5.41, 5.74) is 13.3. The molecule has 0 spiro atoms. The number of para-hydroxylation sites is 1. The second-order valence-corrected chi connectivity index (χ2v) is 6.41. The third-order valence-corrected chi connectivity index (χ3v) is 5.10.